The van der Waals surface area contributed by atoms with Crippen molar-refractivity contribution in [1.82, 2.24) is 4.90 Å². The van der Waals surface area contributed by atoms with Crippen molar-refractivity contribution in [2.75, 3.05) is 26.3 Å². The minimum atomic E-state index is -0.297. The van der Waals surface area contributed by atoms with Crippen molar-refractivity contribution in [3.8, 4) is 11.5 Å². The number of carbonyl (C=O) groups is 1. The van der Waals surface area contributed by atoms with Crippen molar-refractivity contribution in [3.05, 3.63) is 24.3 Å². The van der Waals surface area contributed by atoms with E-state index in [9.17, 15) is 9.90 Å². The molecule has 0 amide bonds. The van der Waals surface area contributed by atoms with Gasteiger partial charge < -0.3 is 14.6 Å². The van der Waals surface area contributed by atoms with Crippen LogP contribution in [0.1, 0.15) is 19.8 Å². The summed E-state index contributed by atoms with van der Waals surface area (Å²) in [6.07, 6.45) is 1.95. The molecule has 5 heteroatoms. The fraction of sp³-hybridized carbons (Fsp3) is 0.533. The molecule has 2 rings (SSSR count). The maximum absolute atomic E-state index is 11.9. The topological polar surface area (TPSA) is 59.0 Å². The second-order valence-electron chi connectivity index (χ2n) is 4.83. The summed E-state index contributed by atoms with van der Waals surface area (Å²) in [5, 5.41) is 9.21. The quantitative estimate of drug-likeness (QED) is 0.631. The lowest BCUT2D eigenvalue weighted by molar-refractivity contribution is -0.136. The Bertz CT molecular complexity index is 432. The van der Waals surface area contributed by atoms with Crippen molar-refractivity contribution in [2.24, 2.45) is 0 Å². The summed E-state index contributed by atoms with van der Waals surface area (Å²) >= 11 is 0. The van der Waals surface area contributed by atoms with Gasteiger partial charge in [-0.2, -0.15) is 0 Å². The van der Waals surface area contributed by atoms with E-state index in [1.165, 1.54) is 0 Å². The number of aliphatic hydroxyl groups excluding tert-OH is 1. The molecule has 110 valence electrons. The standard InChI is InChI=1S/C15H21NO4/c1-2-19-13-5-7-14(8-6-13)20-15(18)10-16-9-3-4-12(16)11-17/h5-8,12,17H,2-4,9-11H2,1H3/t12-/m0/s1. The van der Waals surface area contributed by atoms with Gasteiger partial charge in [0.2, 0.25) is 0 Å². The third-order valence-corrected chi connectivity index (χ3v) is 3.41. The van der Waals surface area contributed by atoms with E-state index < -0.39 is 0 Å². The van der Waals surface area contributed by atoms with Crippen LogP contribution in [0.5, 0.6) is 11.5 Å². The zero-order valence-corrected chi connectivity index (χ0v) is 11.7. The maximum atomic E-state index is 11.9. The van der Waals surface area contributed by atoms with Gasteiger partial charge in [-0.3, -0.25) is 9.69 Å². The predicted octanol–water partition coefficient (Wildman–Crippen LogP) is 1.45. The average molecular weight is 279 g/mol. The number of benzene rings is 1. The van der Waals surface area contributed by atoms with E-state index in [4.69, 9.17) is 9.47 Å². The summed E-state index contributed by atoms with van der Waals surface area (Å²) in [7, 11) is 0. The number of hydrogen-bond acceptors (Lipinski definition) is 5. The highest BCUT2D eigenvalue weighted by Gasteiger charge is 2.26. The predicted molar refractivity (Wildman–Crippen MR) is 74.9 cm³/mol. The van der Waals surface area contributed by atoms with Crippen LogP contribution in [-0.4, -0.2) is 48.3 Å². The van der Waals surface area contributed by atoms with E-state index in [2.05, 4.69) is 0 Å². The molecule has 1 atom stereocenters. The first-order chi connectivity index (χ1) is 9.72. The van der Waals surface area contributed by atoms with E-state index in [1.54, 1.807) is 24.3 Å². The van der Waals surface area contributed by atoms with Crippen LogP contribution in [-0.2, 0) is 4.79 Å². The summed E-state index contributed by atoms with van der Waals surface area (Å²) in [6, 6.07) is 7.08. The van der Waals surface area contributed by atoms with E-state index in [1.807, 2.05) is 11.8 Å². The number of nitrogens with zero attached hydrogens (tertiary/aromatic N) is 1. The van der Waals surface area contributed by atoms with Gasteiger partial charge in [-0.25, -0.2) is 0 Å². The number of hydrogen-bond donors (Lipinski definition) is 1. The first-order valence-electron chi connectivity index (χ1n) is 7.01. The molecular weight excluding hydrogens is 258 g/mol. The number of esters is 1. The fourth-order valence-electron chi connectivity index (χ4n) is 2.41. The molecule has 0 unspecified atom stereocenters. The molecule has 0 spiro atoms. The van der Waals surface area contributed by atoms with E-state index >= 15 is 0 Å². The molecule has 0 aromatic heterocycles. The number of likely N-dealkylation sites (tertiary alicyclic amines) is 1. The molecule has 1 aromatic rings. The van der Waals surface area contributed by atoms with Crippen LogP contribution in [0.25, 0.3) is 0 Å². The molecule has 20 heavy (non-hydrogen) atoms. The lowest BCUT2D eigenvalue weighted by Gasteiger charge is -2.21. The Morgan fingerprint density at radius 1 is 1.35 bits per heavy atom. The summed E-state index contributed by atoms with van der Waals surface area (Å²) in [5.41, 5.74) is 0. The number of aliphatic hydroxyl groups is 1. The molecule has 1 fully saturated rings. The summed E-state index contributed by atoms with van der Waals surface area (Å²) in [4.78, 5) is 13.8. The Morgan fingerprint density at radius 3 is 2.70 bits per heavy atom. The number of ether oxygens (including phenoxy) is 2. The van der Waals surface area contributed by atoms with Gasteiger partial charge in [0.1, 0.15) is 11.5 Å². The molecule has 1 N–H and O–H groups in total. The van der Waals surface area contributed by atoms with Crippen LogP contribution >= 0.6 is 0 Å². The molecule has 1 aliphatic heterocycles. The minimum absolute atomic E-state index is 0.0860. The molecule has 0 aliphatic carbocycles. The monoisotopic (exact) mass is 279 g/mol. The van der Waals surface area contributed by atoms with Gasteiger partial charge >= 0.3 is 5.97 Å². The second-order valence-corrected chi connectivity index (χ2v) is 4.83. The van der Waals surface area contributed by atoms with Gasteiger partial charge in [-0.05, 0) is 50.6 Å². The van der Waals surface area contributed by atoms with Gasteiger partial charge in [0.05, 0.1) is 19.8 Å². The molecule has 0 saturated carbocycles. The molecule has 0 radical (unpaired) electrons. The van der Waals surface area contributed by atoms with Crippen LogP contribution in [0.4, 0.5) is 0 Å². The second kappa shape index (κ2) is 7.26. The van der Waals surface area contributed by atoms with Gasteiger partial charge in [0.15, 0.2) is 0 Å². The Morgan fingerprint density at radius 2 is 2.05 bits per heavy atom. The molecule has 5 nitrogen and oxygen atoms in total. The molecule has 1 aromatic carbocycles. The van der Waals surface area contributed by atoms with Gasteiger partial charge in [-0.15, -0.1) is 0 Å². The normalized spacial score (nSPS) is 19.0. The Labute approximate surface area is 119 Å². The van der Waals surface area contributed by atoms with Crippen LogP contribution in [0, 0.1) is 0 Å². The zero-order chi connectivity index (χ0) is 14.4. The van der Waals surface area contributed by atoms with E-state index in [0.717, 1.165) is 25.1 Å². The van der Waals surface area contributed by atoms with Crippen molar-refractivity contribution in [3.63, 3.8) is 0 Å². The van der Waals surface area contributed by atoms with Crippen molar-refractivity contribution in [2.45, 2.75) is 25.8 Å². The first kappa shape index (κ1) is 14.8. The van der Waals surface area contributed by atoms with Crippen LogP contribution in [0.2, 0.25) is 0 Å². The first-order valence-corrected chi connectivity index (χ1v) is 7.01. The SMILES string of the molecule is CCOc1ccc(OC(=O)CN2CCC[C@H]2CO)cc1. The largest absolute Gasteiger partial charge is 0.494 e. The Hall–Kier alpha value is -1.59. The Balaban J connectivity index is 1.84. The Kier molecular flexibility index (Phi) is 5.38. The highest BCUT2D eigenvalue weighted by molar-refractivity contribution is 5.74. The van der Waals surface area contributed by atoms with Gasteiger partial charge in [0.25, 0.3) is 0 Å². The van der Waals surface area contributed by atoms with Crippen LogP contribution < -0.4 is 9.47 Å². The van der Waals surface area contributed by atoms with Crippen molar-refractivity contribution < 1.29 is 19.4 Å². The summed E-state index contributed by atoms with van der Waals surface area (Å²) < 4.78 is 10.6. The van der Waals surface area contributed by atoms with E-state index in [-0.39, 0.29) is 25.2 Å². The van der Waals surface area contributed by atoms with Gasteiger partial charge in [-0.1, -0.05) is 0 Å². The van der Waals surface area contributed by atoms with Crippen molar-refractivity contribution in [1.29, 1.82) is 0 Å². The highest BCUT2D eigenvalue weighted by atomic mass is 16.5. The fourth-order valence-corrected chi connectivity index (χ4v) is 2.41. The molecular formula is C15H21NO4. The minimum Gasteiger partial charge on any atom is -0.494 e. The third kappa shape index (κ3) is 3.95. The maximum Gasteiger partial charge on any atom is 0.325 e. The van der Waals surface area contributed by atoms with Crippen LogP contribution in [0.3, 0.4) is 0 Å². The van der Waals surface area contributed by atoms with Gasteiger partial charge in [0, 0.05) is 6.04 Å². The smallest absolute Gasteiger partial charge is 0.325 e. The lowest BCUT2D eigenvalue weighted by Crippen LogP contribution is -2.37. The summed E-state index contributed by atoms with van der Waals surface area (Å²) in [5.74, 6) is 0.972. The molecule has 1 saturated heterocycles. The zero-order valence-electron chi connectivity index (χ0n) is 11.7. The third-order valence-electron chi connectivity index (χ3n) is 3.41. The molecule has 0 bridgehead atoms. The lowest BCUT2D eigenvalue weighted by atomic mass is 10.2. The van der Waals surface area contributed by atoms with E-state index in [0.29, 0.717) is 12.4 Å². The molecule has 1 heterocycles. The highest BCUT2D eigenvalue weighted by Crippen LogP contribution is 2.19. The average Bonchev–Trinajstić information content (AvgIpc) is 2.88. The number of rotatable bonds is 6. The van der Waals surface area contributed by atoms with Crippen LogP contribution in [0.15, 0.2) is 24.3 Å². The van der Waals surface area contributed by atoms with Crippen molar-refractivity contribution >= 4 is 5.97 Å². The molecule has 1 aliphatic rings. The summed E-state index contributed by atoms with van der Waals surface area (Å²) in [6.45, 7) is 3.68. The number of carbonyl (C=O) groups excluding carboxylic acids is 1.